The second-order valence-electron chi connectivity index (χ2n) is 3.24. The number of methoxy groups -OCH3 is 1. The van der Waals surface area contributed by atoms with E-state index < -0.39 is 0 Å². The van der Waals surface area contributed by atoms with Gasteiger partial charge in [-0.1, -0.05) is 6.08 Å². The summed E-state index contributed by atoms with van der Waals surface area (Å²) >= 11 is 0. The van der Waals surface area contributed by atoms with E-state index in [1.54, 1.807) is 18.1 Å². The summed E-state index contributed by atoms with van der Waals surface area (Å²) in [6.45, 7) is 5.04. The molecule has 0 fully saturated rings. The molecule has 0 aliphatic carbocycles. The number of nitrogen functional groups attached to an aromatic ring is 1. The van der Waals surface area contributed by atoms with Crippen LogP contribution < -0.4 is 5.73 Å². The summed E-state index contributed by atoms with van der Waals surface area (Å²) in [5, 5.41) is 6.29. The minimum atomic E-state index is -0.166. The number of amides is 1. The van der Waals surface area contributed by atoms with Crippen LogP contribution in [0.25, 0.3) is 0 Å². The molecule has 0 atom stereocenters. The number of ether oxygens (including phenoxy) is 1. The zero-order valence-electron chi connectivity index (χ0n) is 9.27. The molecule has 0 unspecified atom stereocenters. The molecule has 0 aliphatic rings. The van der Waals surface area contributed by atoms with Gasteiger partial charge in [-0.3, -0.25) is 9.89 Å². The highest BCUT2D eigenvalue weighted by Gasteiger charge is 2.16. The third-order valence-electron chi connectivity index (χ3n) is 2.03. The first-order valence-corrected chi connectivity index (χ1v) is 4.89. The Morgan fingerprint density at radius 2 is 2.56 bits per heavy atom. The Hall–Kier alpha value is -1.82. The zero-order chi connectivity index (χ0) is 12.0. The van der Waals surface area contributed by atoms with E-state index in [9.17, 15) is 4.79 Å². The van der Waals surface area contributed by atoms with Crippen molar-refractivity contribution in [2.24, 2.45) is 0 Å². The first-order valence-electron chi connectivity index (χ1n) is 4.89. The van der Waals surface area contributed by atoms with Crippen LogP contribution in [0, 0.1) is 0 Å². The lowest BCUT2D eigenvalue weighted by molar-refractivity contribution is 0.0712. The molecule has 0 radical (unpaired) electrons. The van der Waals surface area contributed by atoms with Crippen LogP contribution in [0.15, 0.2) is 18.7 Å². The molecule has 0 aliphatic heterocycles. The summed E-state index contributed by atoms with van der Waals surface area (Å²) in [6, 6.07) is 1.51. The van der Waals surface area contributed by atoms with Gasteiger partial charge in [0.2, 0.25) is 0 Å². The minimum Gasteiger partial charge on any atom is -0.383 e. The number of carbonyl (C=O) groups excluding carboxylic acids is 1. The molecule has 0 spiro atoms. The molecule has 1 amide bonds. The van der Waals surface area contributed by atoms with Crippen LogP contribution in [-0.2, 0) is 4.74 Å². The molecule has 16 heavy (non-hydrogen) atoms. The molecule has 1 aromatic heterocycles. The number of rotatable bonds is 6. The van der Waals surface area contributed by atoms with Crippen molar-refractivity contribution < 1.29 is 9.53 Å². The van der Waals surface area contributed by atoms with Crippen LogP contribution in [0.5, 0.6) is 0 Å². The average Bonchev–Trinajstić information content (AvgIpc) is 2.70. The number of nitrogens with two attached hydrogens (primary N) is 1. The van der Waals surface area contributed by atoms with Gasteiger partial charge < -0.3 is 15.4 Å². The molecule has 0 saturated carbocycles. The molecule has 3 N–H and O–H groups in total. The molecule has 6 nitrogen and oxygen atoms in total. The third kappa shape index (κ3) is 3.09. The lowest BCUT2D eigenvalue weighted by Crippen LogP contribution is -2.34. The lowest BCUT2D eigenvalue weighted by atomic mass is 10.3. The quantitative estimate of drug-likeness (QED) is 0.679. The summed E-state index contributed by atoms with van der Waals surface area (Å²) in [6.07, 6.45) is 1.66. The predicted octanol–water partition coefficient (Wildman–Crippen LogP) is 0.266. The normalized spacial score (nSPS) is 10.1. The Bertz CT molecular complexity index is 361. The predicted molar refractivity (Wildman–Crippen MR) is 61.0 cm³/mol. The molecular formula is C10H16N4O2. The first kappa shape index (κ1) is 12.3. The van der Waals surface area contributed by atoms with E-state index in [4.69, 9.17) is 10.5 Å². The zero-order valence-corrected chi connectivity index (χ0v) is 9.27. The van der Waals surface area contributed by atoms with Crippen LogP contribution >= 0.6 is 0 Å². The molecule has 0 saturated heterocycles. The summed E-state index contributed by atoms with van der Waals surface area (Å²) < 4.78 is 4.93. The summed E-state index contributed by atoms with van der Waals surface area (Å²) in [7, 11) is 1.59. The second-order valence-corrected chi connectivity index (χ2v) is 3.24. The van der Waals surface area contributed by atoms with Crippen molar-refractivity contribution in [2.45, 2.75) is 0 Å². The third-order valence-corrected chi connectivity index (χ3v) is 2.03. The Kier molecular flexibility index (Phi) is 4.53. The van der Waals surface area contributed by atoms with E-state index in [1.165, 1.54) is 6.07 Å². The maximum Gasteiger partial charge on any atom is 0.272 e. The fourth-order valence-corrected chi connectivity index (χ4v) is 1.25. The largest absolute Gasteiger partial charge is 0.383 e. The first-order chi connectivity index (χ1) is 7.69. The van der Waals surface area contributed by atoms with Crippen LogP contribution in [0.3, 0.4) is 0 Å². The number of H-pyrrole nitrogens is 1. The highest BCUT2D eigenvalue weighted by molar-refractivity contribution is 5.93. The number of hydrogen-bond acceptors (Lipinski definition) is 4. The van der Waals surface area contributed by atoms with Gasteiger partial charge in [-0.2, -0.15) is 5.10 Å². The number of nitrogens with one attached hydrogen (secondary N) is 1. The summed E-state index contributed by atoms with van der Waals surface area (Å²) in [5.41, 5.74) is 5.80. The standard InChI is InChI=1S/C10H16N4O2/c1-3-4-14(5-6-16-2)10(15)8-7-9(11)13-12-8/h3,7H,1,4-6H2,2H3,(H3,11,12,13). The number of hydrogen-bond donors (Lipinski definition) is 2. The number of anilines is 1. The maximum absolute atomic E-state index is 11.9. The van der Waals surface area contributed by atoms with Gasteiger partial charge in [-0.05, 0) is 0 Å². The maximum atomic E-state index is 11.9. The Morgan fingerprint density at radius 3 is 3.06 bits per heavy atom. The molecular weight excluding hydrogens is 208 g/mol. The van der Waals surface area contributed by atoms with Gasteiger partial charge in [0, 0.05) is 26.3 Å². The number of carbonyl (C=O) groups is 1. The van der Waals surface area contributed by atoms with Crippen molar-refractivity contribution in [1.29, 1.82) is 0 Å². The van der Waals surface area contributed by atoms with Gasteiger partial charge in [0.05, 0.1) is 6.61 Å². The molecule has 88 valence electrons. The van der Waals surface area contributed by atoms with Gasteiger partial charge in [0.1, 0.15) is 11.5 Å². The molecule has 0 aromatic carbocycles. The van der Waals surface area contributed by atoms with Crippen molar-refractivity contribution in [3.8, 4) is 0 Å². The lowest BCUT2D eigenvalue weighted by Gasteiger charge is -2.19. The Balaban J connectivity index is 2.69. The van der Waals surface area contributed by atoms with Crippen molar-refractivity contribution in [1.82, 2.24) is 15.1 Å². The SMILES string of the molecule is C=CCN(CCOC)C(=O)c1cc(N)n[nH]1. The van der Waals surface area contributed by atoms with Crippen LogP contribution in [-0.4, -0.2) is 47.8 Å². The van der Waals surface area contributed by atoms with E-state index >= 15 is 0 Å². The van der Waals surface area contributed by atoms with Gasteiger partial charge in [-0.25, -0.2) is 0 Å². The molecule has 1 aromatic rings. The van der Waals surface area contributed by atoms with Crippen molar-refractivity contribution in [3.63, 3.8) is 0 Å². The van der Waals surface area contributed by atoms with E-state index in [1.807, 2.05) is 0 Å². The van der Waals surface area contributed by atoms with Crippen LogP contribution in [0.4, 0.5) is 5.82 Å². The highest BCUT2D eigenvalue weighted by Crippen LogP contribution is 2.05. The Labute approximate surface area is 94.1 Å². The van der Waals surface area contributed by atoms with Gasteiger partial charge in [-0.15, -0.1) is 6.58 Å². The average molecular weight is 224 g/mol. The molecule has 1 heterocycles. The van der Waals surface area contributed by atoms with Gasteiger partial charge in [0.15, 0.2) is 0 Å². The topological polar surface area (TPSA) is 84.2 Å². The second kappa shape index (κ2) is 5.92. The van der Waals surface area contributed by atoms with Crippen LogP contribution in [0.1, 0.15) is 10.5 Å². The molecule has 1 rings (SSSR count). The van der Waals surface area contributed by atoms with Gasteiger partial charge >= 0.3 is 0 Å². The molecule has 0 bridgehead atoms. The van der Waals surface area contributed by atoms with E-state index in [0.717, 1.165) is 0 Å². The smallest absolute Gasteiger partial charge is 0.272 e. The van der Waals surface area contributed by atoms with E-state index in [-0.39, 0.29) is 5.91 Å². The van der Waals surface area contributed by atoms with E-state index in [2.05, 4.69) is 16.8 Å². The Morgan fingerprint density at radius 1 is 1.81 bits per heavy atom. The highest BCUT2D eigenvalue weighted by atomic mass is 16.5. The number of aromatic amines is 1. The fraction of sp³-hybridized carbons (Fsp3) is 0.400. The van der Waals surface area contributed by atoms with Crippen molar-refractivity contribution in [3.05, 3.63) is 24.4 Å². The minimum absolute atomic E-state index is 0.166. The monoisotopic (exact) mass is 224 g/mol. The molecule has 6 heteroatoms. The van der Waals surface area contributed by atoms with E-state index in [0.29, 0.717) is 31.2 Å². The van der Waals surface area contributed by atoms with Gasteiger partial charge in [0.25, 0.3) is 5.91 Å². The number of nitrogens with zero attached hydrogens (tertiary/aromatic N) is 2. The van der Waals surface area contributed by atoms with Crippen molar-refractivity contribution in [2.75, 3.05) is 32.5 Å². The van der Waals surface area contributed by atoms with Crippen LogP contribution in [0.2, 0.25) is 0 Å². The fourth-order valence-electron chi connectivity index (χ4n) is 1.25. The number of aromatic nitrogens is 2. The summed E-state index contributed by atoms with van der Waals surface area (Å²) in [4.78, 5) is 13.6. The van der Waals surface area contributed by atoms with Crippen molar-refractivity contribution >= 4 is 11.7 Å². The summed E-state index contributed by atoms with van der Waals surface area (Å²) in [5.74, 6) is 0.134.